The second kappa shape index (κ2) is 7.41. The quantitative estimate of drug-likeness (QED) is 0.694. The Hall–Kier alpha value is -1.61. The second-order valence-corrected chi connectivity index (χ2v) is 5.45. The Morgan fingerprint density at radius 3 is 2.43 bits per heavy atom. The zero-order chi connectivity index (χ0) is 15.2. The zero-order valence-corrected chi connectivity index (χ0v) is 12.6. The Kier molecular flexibility index (Phi) is 5.57. The van der Waals surface area contributed by atoms with Gasteiger partial charge in [-0.15, -0.1) is 0 Å². The van der Waals surface area contributed by atoms with Crippen LogP contribution in [0.5, 0.6) is 0 Å². The van der Waals surface area contributed by atoms with Crippen LogP contribution in [0, 0.1) is 11.6 Å². The van der Waals surface area contributed by atoms with Crippen molar-refractivity contribution < 1.29 is 8.78 Å². The lowest BCUT2D eigenvalue weighted by molar-refractivity contribution is 0.603. The molecule has 0 aliphatic carbocycles. The van der Waals surface area contributed by atoms with Gasteiger partial charge in [0.05, 0.1) is 11.7 Å². The molecule has 2 aromatic carbocycles. The van der Waals surface area contributed by atoms with Gasteiger partial charge in [0.25, 0.3) is 0 Å². The maximum absolute atomic E-state index is 13.9. The normalized spacial score (nSPS) is 12.2. The lowest BCUT2D eigenvalue weighted by Gasteiger charge is -2.21. The zero-order valence-electron chi connectivity index (χ0n) is 11.9. The van der Waals surface area contributed by atoms with Gasteiger partial charge in [0.1, 0.15) is 11.6 Å². The highest BCUT2D eigenvalue weighted by molar-refractivity contribution is 6.30. The number of hydrogen-bond donors (Lipinski definition) is 1. The average Bonchev–Trinajstić information content (AvgIpc) is 2.46. The molecule has 0 heterocycles. The summed E-state index contributed by atoms with van der Waals surface area (Å²) in [4.78, 5) is 0. The topological polar surface area (TPSA) is 12.0 Å². The summed E-state index contributed by atoms with van der Waals surface area (Å²) in [6, 6.07) is 10.8. The van der Waals surface area contributed by atoms with Gasteiger partial charge in [-0.3, -0.25) is 0 Å². The Balaban J connectivity index is 2.21. The van der Waals surface area contributed by atoms with Crippen LogP contribution >= 0.6 is 11.6 Å². The van der Waals surface area contributed by atoms with E-state index in [0.717, 1.165) is 24.8 Å². The van der Waals surface area contributed by atoms with E-state index in [2.05, 4.69) is 12.2 Å². The molecule has 0 aromatic heterocycles. The summed E-state index contributed by atoms with van der Waals surface area (Å²) in [6.07, 6.45) is 2.90. The lowest BCUT2D eigenvalue weighted by Crippen LogP contribution is -2.12. The van der Waals surface area contributed by atoms with Gasteiger partial charge in [0, 0.05) is 5.02 Å². The summed E-state index contributed by atoms with van der Waals surface area (Å²) in [6.45, 7) is 2.10. The van der Waals surface area contributed by atoms with Crippen LogP contribution in [0.3, 0.4) is 0 Å². The third-order valence-corrected chi connectivity index (χ3v) is 3.61. The minimum Gasteiger partial charge on any atom is -0.376 e. The molecule has 0 aliphatic rings. The molecule has 21 heavy (non-hydrogen) atoms. The first kappa shape index (κ1) is 15.8. The van der Waals surface area contributed by atoms with Crippen LogP contribution < -0.4 is 5.32 Å². The molecule has 1 unspecified atom stereocenters. The highest BCUT2D eigenvalue weighted by atomic mass is 35.5. The van der Waals surface area contributed by atoms with E-state index in [-0.39, 0.29) is 17.7 Å². The molecule has 4 heteroatoms. The molecule has 0 aliphatic heterocycles. The summed E-state index contributed by atoms with van der Waals surface area (Å²) < 4.78 is 26.9. The maximum Gasteiger partial charge on any atom is 0.147 e. The number of unbranched alkanes of at least 4 members (excludes halogenated alkanes) is 1. The van der Waals surface area contributed by atoms with Crippen LogP contribution in [0.1, 0.15) is 37.8 Å². The summed E-state index contributed by atoms with van der Waals surface area (Å²) >= 11 is 5.76. The number of halogens is 3. The standard InChI is InChI=1S/C17H18ClF2N/c1-2-3-4-16(12-5-8-14(19)9-6-12)21-17-10-7-13(18)11-15(17)20/h5-11,16,21H,2-4H2,1H3. The Morgan fingerprint density at radius 2 is 1.81 bits per heavy atom. The molecular formula is C17H18ClF2N. The van der Waals surface area contributed by atoms with Crippen LogP contribution in [0.15, 0.2) is 42.5 Å². The van der Waals surface area contributed by atoms with Gasteiger partial charge in [-0.2, -0.15) is 0 Å². The molecule has 2 rings (SSSR count). The first-order chi connectivity index (χ1) is 10.1. The fourth-order valence-electron chi connectivity index (χ4n) is 2.22. The van der Waals surface area contributed by atoms with E-state index in [1.165, 1.54) is 18.2 Å². The third-order valence-electron chi connectivity index (χ3n) is 3.38. The van der Waals surface area contributed by atoms with E-state index in [9.17, 15) is 8.78 Å². The van der Waals surface area contributed by atoms with E-state index < -0.39 is 0 Å². The van der Waals surface area contributed by atoms with E-state index in [4.69, 9.17) is 11.6 Å². The van der Waals surface area contributed by atoms with Crippen molar-refractivity contribution in [2.75, 3.05) is 5.32 Å². The molecule has 0 radical (unpaired) electrons. The second-order valence-electron chi connectivity index (χ2n) is 5.01. The number of rotatable bonds is 6. The minimum atomic E-state index is -0.383. The molecule has 1 atom stereocenters. The van der Waals surface area contributed by atoms with Crippen LogP contribution in [-0.4, -0.2) is 0 Å². The molecule has 1 nitrogen and oxygen atoms in total. The SMILES string of the molecule is CCCCC(Nc1ccc(Cl)cc1F)c1ccc(F)cc1. The average molecular weight is 310 g/mol. The van der Waals surface area contributed by atoms with Gasteiger partial charge in [-0.25, -0.2) is 8.78 Å². The molecule has 0 spiro atoms. The molecular weight excluding hydrogens is 292 g/mol. The Morgan fingerprint density at radius 1 is 1.10 bits per heavy atom. The first-order valence-electron chi connectivity index (χ1n) is 7.07. The highest BCUT2D eigenvalue weighted by Gasteiger charge is 2.13. The van der Waals surface area contributed by atoms with Crippen molar-refractivity contribution in [3.8, 4) is 0 Å². The van der Waals surface area contributed by atoms with Gasteiger partial charge in [-0.05, 0) is 42.3 Å². The lowest BCUT2D eigenvalue weighted by atomic mass is 10.0. The van der Waals surface area contributed by atoms with E-state index in [0.29, 0.717) is 10.7 Å². The van der Waals surface area contributed by atoms with Crippen molar-refractivity contribution in [2.45, 2.75) is 32.2 Å². The Bertz CT molecular complexity index is 584. The molecule has 0 fully saturated rings. The molecule has 0 saturated heterocycles. The summed E-state index contributed by atoms with van der Waals surface area (Å²) in [5.41, 5.74) is 1.35. The van der Waals surface area contributed by atoms with Gasteiger partial charge >= 0.3 is 0 Å². The van der Waals surface area contributed by atoms with Crippen molar-refractivity contribution in [3.05, 3.63) is 64.7 Å². The van der Waals surface area contributed by atoms with Crippen LogP contribution in [0.25, 0.3) is 0 Å². The largest absolute Gasteiger partial charge is 0.376 e. The monoisotopic (exact) mass is 309 g/mol. The highest BCUT2D eigenvalue weighted by Crippen LogP contribution is 2.27. The summed E-state index contributed by atoms with van der Waals surface area (Å²) in [5, 5.41) is 3.55. The smallest absolute Gasteiger partial charge is 0.147 e. The van der Waals surface area contributed by atoms with Crippen molar-refractivity contribution in [3.63, 3.8) is 0 Å². The van der Waals surface area contributed by atoms with Crippen molar-refractivity contribution in [1.29, 1.82) is 0 Å². The molecule has 0 bridgehead atoms. The summed E-state index contributed by atoms with van der Waals surface area (Å²) in [7, 11) is 0. The van der Waals surface area contributed by atoms with Gasteiger partial charge in [0.2, 0.25) is 0 Å². The predicted molar refractivity (Wildman–Crippen MR) is 83.7 cm³/mol. The van der Waals surface area contributed by atoms with Crippen LogP contribution in [0.2, 0.25) is 5.02 Å². The fraction of sp³-hybridized carbons (Fsp3) is 0.294. The minimum absolute atomic E-state index is 0.0544. The molecule has 0 amide bonds. The van der Waals surface area contributed by atoms with E-state index >= 15 is 0 Å². The van der Waals surface area contributed by atoms with Gasteiger partial charge < -0.3 is 5.32 Å². The molecule has 2 aromatic rings. The number of hydrogen-bond acceptors (Lipinski definition) is 1. The van der Waals surface area contributed by atoms with E-state index in [1.807, 2.05) is 0 Å². The van der Waals surface area contributed by atoms with Crippen molar-refractivity contribution >= 4 is 17.3 Å². The van der Waals surface area contributed by atoms with Crippen LogP contribution in [0.4, 0.5) is 14.5 Å². The van der Waals surface area contributed by atoms with Gasteiger partial charge in [-0.1, -0.05) is 43.5 Å². The first-order valence-corrected chi connectivity index (χ1v) is 7.45. The predicted octanol–water partition coefficient (Wildman–Crippen LogP) is 5.96. The molecule has 1 N–H and O–H groups in total. The van der Waals surface area contributed by atoms with E-state index in [1.54, 1.807) is 24.3 Å². The number of anilines is 1. The number of nitrogens with one attached hydrogen (secondary N) is 1. The van der Waals surface area contributed by atoms with Gasteiger partial charge in [0.15, 0.2) is 0 Å². The summed E-state index contributed by atoms with van der Waals surface area (Å²) in [5.74, 6) is -0.656. The maximum atomic E-state index is 13.9. The van der Waals surface area contributed by atoms with Crippen molar-refractivity contribution in [2.24, 2.45) is 0 Å². The Labute approximate surface area is 128 Å². The molecule has 112 valence electrons. The molecule has 0 saturated carbocycles. The third kappa shape index (κ3) is 4.43. The van der Waals surface area contributed by atoms with Crippen LogP contribution in [-0.2, 0) is 0 Å². The number of benzene rings is 2. The van der Waals surface area contributed by atoms with Crippen molar-refractivity contribution in [1.82, 2.24) is 0 Å². The fourth-order valence-corrected chi connectivity index (χ4v) is 2.38.